The number of carboxylic acid groups (broad SMARTS) is 1. The SMILES string of the molecule is CCCCCCC(Oc1ccccc1)=C(C)C(=O)O. The Labute approximate surface area is 114 Å². The van der Waals surface area contributed by atoms with Crippen molar-refractivity contribution in [2.75, 3.05) is 0 Å². The lowest BCUT2D eigenvalue weighted by Gasteiger charge is -2.12. The second-order valence-electron chi connectivity index (χ2n) is 4.58. The lowest BCUT2D eigenvalue weighted by atomic mass is 10.1. The first-order valence-corrected chi connectivity index (χ1v) is 6.81. The molecule has 0 amide bonds. The Bertz CT molecular complexity index is 421. The highest BCUT2D eigenvalue weighted by Gasteiger charge is 2.11. The quantitative estimate of drug-likeness (QED) is 0.429. The normalized spacial score (nSPS) is 11.9. The van der Waals surface area contributed by atoms with Crippen LogP contribution in [0.15, 0.2) is 41.7 Å². The van der Waals surface area contributed by atoms with Crippen molar-refractivity contribution in [2.45, 2.75) is 46.0 Å². The third-order valence-electron chi connectivity index (χ3n) is 2.98. The number of hydrogen-bond acceptors (Lipinski definition) is 2. The molecule has 104 valence electrons. The Hall–Kier alpha value is -1.77. The number of rotatable bonds is 8. The summed E-state index contributed by atoms with van der Waals surface area (Å²) < 4.78 is 5.72. The fourth-order valence-electron chi connectivity index (χ4n) is 1.78. The van der Waals surface area contributed by atoms with Gasteiger partial charge in [0.25, 0.3) is 0 Å². The Morgan fingerprint density at radius 2 is 1.84 bits per heavy atom. The molecule has 3 nitrogen and oxygen atoms in total. The molecule has 0 radical (unpaired) electrons. The van der Waals surface area contributed by atoms with Crippen molar-refractivity contribution in [3.05, 3.63) is 41.7 Å². The van der Waals surface area contributed by atoms with E-state index in [2.05, 4.69) is 6.92 Å². The molecule has 1 rings (SSSR count). The fourth-order valence-corrected chi connectivity index (χ4v) is 1.78. The molecule has 0 saturated carbocycles. The summed E-state index contributed by atoms with van der Waals surface area (Å²) in [5, 5.41) is 9.10. The van der Waals surface area contributed by atoms with Gasteiger partial charge in [0.2, 0.25) is 0 Å². The summed E-state index contributed by atoms with van der Waals surface area (Å²) in [7, 11) is 0. The van der Waals surface area contributed by atoms with Crippen molar-refractivity contribution in [1.29, 1.82) is 0 Å². The lowest BCUT2D eigenvalue weighted by Crippen LogP contribution is -2.06. The maximum absolute atomic E-state index is 11.1. The highest BCUT2D eigenvalue weighted by molar-refractivity contribution is 5.86. The largest absolute Gasteiger partial charge is 0.478 e. The molecule has 0 spiro atoms. The average Bonchev–Trinajstić information content (AvgIpc) is 2.42. The molecule has 1 aromatic carbocycles. The van der Waals surface area contributed by atoms with Gasteiger partial charge in [0.05, 0.1) is 5.57 Å². The predicted molar refractivity (Wildman–Crippen MR) is 76.2 cm³/mol. The zero-order chi connectivity index (χ0) is 14.1. The monoisotopic (exact) mass is 262 g/mol. The van der Waals surface area contributed by atoms with E-state index in [-0.39, 0.29) is 0 Å². The van der Waals surface area contributed by atoms with Gasteiger partial charge in [-0.3, -0.25) is 0 Å². The molecule has 0 aliphatic heterocycles. The molecular formula is C16H22O3. The van der Waals surface area contributed by atoms with Gasteiger partial charge >= 0.3 is 5.97 Å². The number of para-hydroxylation sites is 1. The molecule has 0 heterocycles. The van der Waals surface area contributed by atoms with E-state index in [0.29, 0.717) is 23.5 Å². The van der Waals surface area contributed by atoms with E-state index in [9.17, 15) is 4.79 Å². The van der Waals surface area contributed by atoms with Crippen LogP contribution in [0.5, 0.6) is 5.75 Å². The first-order valence-electron chi connectivity index (χ1n) is 6.81. The molecule has 0 aromatic heterocycles. The molecule has 0 saturated heterocycles. The number of benzene rings is 1. The van der Waals surface area contributed by atoms with Crippen molar-refractivity contribution >= 4 is 5.97 Å². The van der Waals surface area contributed by atoms with Crippen molar-refractivity contribution in [2.24, 2.45) is 0 Å². The predicted octanol–water partition coefficient (Wildman–Crippen LogP) is 4.39. The Morgan fingerprint density at radius 1 is 1.16 bits per heavy atom. The zero-order valence-electron chi connectivity index (χ0n) is 11.7. The van der Waals surface area contributed by atoms with E-state index >= 15 is 0 Å². The Kier molecular flexibility index (Phi) is 6.72. The van der Waals surface area contributed by atoms with E-state index in [0.717, 1.165) is 19.3 Å². The topological polar surface area (TPSA) is 46.5 Å². The summed E-state index contributed by atoms with van der Waals surface area (Å²) in [5.41, 5.74) is 0.292. The summed E-state index contributed by atoms with van der Waals surface area (Å²) >= 11 is 0. The molecular weight excluding hydrogens is 240 g/mol. The maximum Gasteiger partial charge on any atom is 0.334 e. The van der Waals surface area contributed by atoms with E-state index in [1.165, 1.54) is 6.42 Å². The lowest BCUT2D eigenvalue weighted by molar-refractivity contribution is -0.132. The number of carboxylic acids is 1. The fraction of sp³-hybridized carbons (Fsp3) is 0.438. The summed E-state index contributed by atoms with van der Waals surface area (Å²) in [6.07, 6.45) is 5.07. The van der Waals surface area contributed by atoms with Crippen molar-refractivity contribution < 1.29 is 14.6 Å². The summed E-state index contributed by atoms with van der Waals surface area (Å²) in [4.78, 5) is 11.1. The highest BCUT2D eigenvalue weighted by atomic mass is 16.5. The minimum Gasteiger partial charge on any atom is -0.478 e. The molecule has 0 bridgehead atoms. The van der Waals surface area contributed by atoms with Gasteiger partial charge in [-0.1, -0.05) is 44.4 Å². The molecule has 0 unspecified atom stereocenters. The van der Waals surface area contributed by atoms with Crippen LogP contribution in [0.2, 0.25) is 0 Å². The first-order chi connectivity index (χ1) is 9.15. The molecule has 1 aromatic rings. The van der Waals surface area contributed by atoms with Gasteiger partial charge < -0.3 is 9.84 Å². The molecule has 0 aliphatic carbocycles. The van der Waals surface area contributed by atoms with Gasteiger partial charge in [-0.15, -0.1) is 0 Å². The van der Waals surface area contributed by atoms with Crippen LogP contribution in [0.4, 0.5) is 0 Å². The Morgan fingerprint density at radius 3 is 2.42 bits per heavy atom. The van der Waals surface area contributed by atoms with Crippen LogP contribution in [-0.2, 0) is 4.79 Å². The van der Waals surface area contributed by atoms with Crippen molar-refractivity contribution in [1.82, 2.24) is 0 Å². The van der Waals surface area contributed by atoms with Crippen LogP contribution in [0, 0.1) is 0 Å². The average molecular weight is 262 g/mol. The molecule has 3 heteroatoms. The van der Waals surface area contributed by atoms with Crippen LogP contribution in [0.1, 0.15) is 46.0 Å². The zero-order valence-corrected chi connectivity index (χ0v) is 11.7. The molecule has 0 fully saturated rings. The summed E-state index contributed by atoms with van der Waals surface area (Å²) in [6.45, 7) is 3.75. The number of unbranched alkanes of at least 4 members (excludes halogenated alkanes) is 3. The van der Waals surface area contributed by atoms with Gasteiger partial charge in [0, 0.05) is 6.42 Å². The summed E-state index contributed by atoms with van der Waals surface area (Å²) in [5.74, 6) is 0.338. The number of ether oxygens (including phenoxy) is 1. The van der Waals surface area contributed by atoms with Gasteiger partial charge in [0.1, 0.15) is 11.5 Å². The third-order valence-corrected chi connectivity index (χ3v) is 2.98. The maximum atomic E-state index is 11.1. The van der Waals surface area contributed by atoms with E-state index < -0.39 is 5.97 Å². The van der Waals surface area contributed by atoms with Gasteiger partial charge in [0.15, 0.2) is 0 Å². The van der Waals surface area contributed by atoms with Crippen molar-refractivity contribution in [3.63, 3.8) is 0 Å². The third kappa shape index (κ3) is 5.60. The van der Waals surface area contributed by atoms with Crippen LogP contribution < -0.4 is 4.74 Å². The van der Waals surface area contributed by atoms with Crippen LogP contribution in [0.3, 0.4) is 0 Å². The minimum atomic E-state index is -0.915. The second-order valence-corrected chi connectivity index (χ2v) is 4.58. The van der Waals surface area contributed by atoms with E-state index in [1.54, 1.807) is 6.92 Å². The van der Waals surface area contributed by atoms with Crippen LogP contribution >= 0.6 is 0 Å². The smallest absolute Gasteiger partial charge is 0.334 e. The van der Waals surface area contributed by atoms with E-state index in [1.807, 2.05) is 30.3 Å². The number of carbonyl (C=O) groups is 1. The number of hydrogen-bond donors (Lipinski definition) is 1. The van der Waals surface area contributed by atoms with Crippen LogP contribution in [-0.4, -0.2) is 11.1 Å². The Balaban J connectivity index is 2.71. The molecule has 19 heavy (non-hydrogen) atoms. The number of allylic oxidation sites excluding steroid dienone is 1. The molecule has 1 N–H and O–H groups in total. The first kappa shape index (κ1) is 15.3. The van der Waals surface area contributed by atoms with Crippen molar-refractivity contribution in [3.8, 4) is 5.75 Å². The van der Waals surface area contributed by atoms with Gasteiger partial charge in [-0.25, -0.2) is 4.79 Å². The number of aliphatic carboxylic acids is 1. The molecule has 0 atom stereocenters. The minimum absolute atomic E-state index is 0.292. The highest BCUT2D eigenvalue weighted by Crippen LogP contribution is 2.20. The van der Waals surface area contributed by atoms with Gasteiger partial charge in [-0.05, 0) is 25.5 Å². The summed E-state index contributed by atoms with van der Waals surface area (Å²) in [6, 6.07) is 9.32. The standard InChI is InChI=1S/C16H22O3/c1-3-4-5-9-12-15(13(2)16(17)18)19-14-10-7-6-8-11-14/h6-8,10-11H,3-5,9,12H2,1-2H3,(H,17,18). The van der Waals surface area contributed by atoms with Crippen LogP contribution in [0.25, 0.3) is 0 Å². The van der Waals surface area contributed by atoms with Gasteiger partial charge in [-0.2, -0.15) is 0 Å². The second kappa shape index (κ2) is 8.35. The van der Waals surface area contributed by atoms with E-state index in [4.69, 9.17) is 9.84 Å². The molecule has 0 aliphatic rings.